The molecule has 2 nitrogen and oxygen atoms in total. The zero-order valence-corrected chi connectivity index (χ0v) is 31.2. The van der Waals surface area contributed by atoms with Gasteiger partial charge in [0.25, 0.3) is 0 Å². The highest BCUT2D eigenvalue weighted by atomic mass is 32.2. The van der Waals surface area contributed by atoms with E-state index in [9.17, 15) is 0 Å². The first-order chi connectivity index (χ1) is 21.9. The van der Waals surface area contributed by atoms with Gasteiger partial charge in [-0.05, 0) is 148 Å². The molecule has 0 amide bonds. The van der Waals surface area contributed by atoms with Gasteiger partial charge in [0.2, 0.25) is 0 Å². The van der Waals surface area contributed by atoms with Gasteiger partial charge in [0.1, 0.15) is 24.7 Å². The molecule has 0 aliphatic heterocycles. The summed E-state index contributed by atoms with van der Waals surface area (Å²) >= 11 is 5.52. The van der Waals surface area contributed by atoms with Gasteiger partial charge < -0.3 is 9.47 Å². The number of thioether (sulfide) groups is 1. The van der Waals surface area contributed by atoms with E-state index < -0.39 is 0 Å². The van der Waals surface area contributed by atoms with Gasteiger partial charge in [-0.3, -0.25) is 0 Å². The molecule has 0 spiro atoms. The Hall–Kier alpha value is -3.25. The number of hydrogen-bond donors (Lipinski definition) is 0. The molecule has 0 fully saturated rings. The summed E-state index contributed by atoms with van der Waals surface area (Å²) in [6.07, 6.45) is 5.47. The lowest BCUT2D eigenvalue weighted by Gasteiger charge is -2.16. The molecule has 0 bridgehead atoms. The van der Waals surface area contributed by atoms with Crippen molar-refractivity contribution in [1.29, 1.82) is 0 Å². The first-order valence-electron chi connectivity index (χ1n) is 15.4. The lowest BCUT2D eigenvalue weighted by atomic mass is 10.1. The maximum atomic E-state index is 5.67. The fraction of sp³-hybridized carbons (Fsp3) is 0.268. The Morgan fingerprint density at radius 1 is 0.478 bits per heavy atom. The molecular formula is C41H48O2S3. The van der Waals surface area contributed by atoms with E-state index >= 15 is 0 Å². The average molecular weight is 669 g/mol. The van der Waals surface area contributed by atoms with Gasteiger partial charge in [0, 0.05) is 30.2 Å². The third-order valence-corrected chi connectivity index (χ3v) is 11.0. The first kappa shape index (κ1) is 37.2. The van der Waals surface area contributed by atoms with Crippen molar-refractivity contribution in [3.05, 3.63) is 137 Å². The number of rotatable bonds is 13. The van der Waals surface area contributed by atoms with Crippen LogP contribution in [-0.2, 0) is 0 Å². The SMILES string of the molecule is C=CCOc1cc(C)c(Sc2c(C)cc(OCC=C)cc2C)c(C)c1.C=CCSc1cc(C)c(Sc2cc(C)cc(C)c2)c(C)c1. The maximum absolute atomic E-state index is 5.67. The van der Waals surface area contributed by atoms with Crippen LogP contribution in [0, 0.1) is 55.4 Å². The van der Waals surface area contributed by atoms with Crippen molar-refractivity contribution in [2.45, 2.75) is 79.9 Å². The fourth-order valence-corrected chi connectivity index (χ4v) is 8.22. The van der Waals surface area contributed by atoms with E-state index in [1.54, 1.807) is 12.2 Å². The largest absolute Gasteiger partial charge is 0.490 e. The predicted octanol–water partition coefficient (Wildman–Crippen LogP) is 12.6. The summed E-state index contributed by atoms with van der Waals surface area (Å²) in [4.78, 5) is 6.58. The van der Waals surface area contributed by atoms with Crippen molar-refractivity contribution in [2.75, 3.05) is 19.0 Å². The number of aryl methyl sites for hydroxylation is 8. The van der Waals surface area contributed by atoms with Gasteiger partial charge >= 0.3 is 0 Å². The highest BCUT2D eigenvalue weighted by molar-refractivity contribution is 8.00. The second kappa shape index (κ2) is 18.2. The molecule has 46 heavy (non-hydrogen) atoms. The molecule has 0 atom stereocenters. The summed E-state index contributed by atoms with van der Waals surface area (Å²) in [5.41, 5.74) is 10.2. The minimum atomic E-state index is 0.524. The molecule has 5 heteroatoms. The maximum Gasteiger partial charge on any atom is 0.120 e. The molecule has 0 N–H and O–H groups in total. The van der Waals surface area contributed by atoms with Crippen molar-refractivity contribution in [3.63, 3.8) is 0 Å². The number of ether oxygens (including phenoxy) is 2. The molecule has 0 saturated heterocycles. The minimum Gasteiger partial charge on any atom is -0.490 e. The molecule has 4 rings (SSSR count). The summed E-state index contributed by atoms with van der Waals surface area (Å²) in [6, 6.07) is 19.7. The summed E-state index contributed by atoms with van der Waals surface area (Å²) in [6.45, 7) is 29.5. The van der Waals surface area contributed by atoms with E-state index in [4.69, 9.17) is 9.47 Å². The molecule has 4 aromatic rings. The van der Waals surface area contributed by atoms with Gasteiger partial charge in [-0.15, -0.1) is 18.3 Å². The van der Waals surface area contributed by atoms with E-state index in [1.165, 1.54) is 69.0 Å². The Balaban J connectivity index is 0.000000254. The van der Waals surface area contributed by atoms with Crippen LogP contribution in [-0.4, -0.2) is 19.0 Å². The summed E-state index contributed by atoms with van der Waals surface area (Å²) < 4.78 is 11.3. The van der Waals surface area contributed by atoms with Crippen LogP contribution in [0.1, 0.15) is 44.5 Å². The van der Waals surface area contributed by atoms with Crippen LogP contribution in [0.4, 0.5) is 0 Å². The Morgan fingerprint density at radius 3 is 1.26 bits per heavy atom. The molecule has 0 aromatic heterocycles. The van der Waals surface area contributed by atoms with Crippen LogP contribution in [0.15, 0.2) is 117 Å². The van der Waals surface area contributed by atoms with Crippen LogP contribution in [0.25, 0.3) is 0 Å². The standard InChI is InChI=1S/C22H26O2S.C19H22S2/c1-7-9-23-19-11-15(3)21(16(4)12-19)25-22-17(5)13-20(14-18(22)6)24-10-8-2;1-6-7-20-17-11-15(4)19(16(5)12-17)21-18-9-13(2)8-14(3)10-18/h7-8,11-14H,1-2,9-10H2,3-6H3;6,8-12H,1,7H2,2-5H3. The van der Waals surface area contributed by atoms with E-state index in [1.807, 2.05) is 41.4 Å². The first-order valence-corrected chi connectivity index (χ1v) is 18.1. The van der Waals surface area contributed by atoms with Crippen LogP contribution < -0.4 is 9.47 Å². The monoisotopic (exact) mass is 668 g/mol. The van der Waals surface area contributed by atoms with E-state index in [0.29, 0.717) is 13.2 Å². The second-order valence-corrected chi connectivity index (χ2v) is 14.7. The van der Waals surface area contributed by atoms with Crippen LogP contribution in [0.5, 0.6) is 11.5 Å². The average Bonchev–Trinajstić information content (AvgIpc) is 2.98. The molecule has 242 valence electrons. The van der Waals surface area contributed by atoms with E-state index in [2.05, 4.69) is 130 Å². The van der Waals surface area contributed by atoms with Gasteiger partial charge in [-0.1, -0.05) is 61.0 Å². The smallest absolute Gasteiger partial charge is 0.120 e. The van der Waals surface area contributed by atoms with Crippen LogP contribution in [0.3, 0.4) is 0 Å². The predicted molar refractivity (Wildman–Crippen MR) is 204 cm³/mol. The minimum absolute atomic E-state index is 0.524. The second-order valence-electron chi connectivity index (χ2n) is 11.5. The van der Waals surface area contributed by atoms with Crippen molar-refractivity contribution >= 4 is 35.3 Å². The van der Waals surface area contributed by atoms with Crippen LogP contribution >= 0.6 is 35.3 Å². The summed E-state index contributed by atoms with van der Waals surface area (Å²) in [5, 5.41) is 0. The van der Waals surface area contributed by atoms with Crippen molar-refractivity contribution in [3.8, 4) is 11.5 Å². The molecular weight excluding hydrogens is 621 g/mol. The third kappa shape index (κ3) is 10.9. The zero-order valence-electron chi connectivity index (χ0n) is 28.7. The Morgan fingerprint density at radius 2 is 0.870 bits per heavy atom. The molecule has 0 unspecified atom stereocenters. The number of benzene rings is 4. The lowest BCUT2D eigenvalue weighted by Crippen LogP contribution is -1.97. The summed E-state index contributed by atoms with van der Waals surface area (Å²) in [7, 11) is 0. The Kier molecular flexibility index (Phi) is 14.7. The Labute approximate surface area is 290 Å². The van der Waals surface area contributed by atoms with Crippen molar-refractivity contribution < 1.29 is 9.47 Å². The Bertz CT molecular complexity index is 1530. The van der Waals surface area contributed by atoms with E-state index in [-0.39, 0.29) is 0 Å². The van der Waals surface area contributed by atoms with Gasteiger partial charge in [0.15, 0.2) is 0 Å². The zero-order chi connectivity index (χ0) is 33.8. The fourth-order valence-electron chi connectivity index (χ4n) is 5.14. The van der Waals surface area contributed by atoms with Gasteiger partial charge in [-0.25, -0.2) is 0 Å². The van der Waals surface area contributed by atoms with E-state index in [0.717, 1.165) is 17.3 Å². The highest BCUT2D eigenvalue weighted by Crippen LogP contribution is 2.40. The number of hydrogen-bond acceptors (Lipinski definition) is 5. The molecule has 0 aliphatic carbocycles. The van der Waals surface area contributed by atoms with Crippen molar-refractivity contribution in [1.82, 2.24) is 0 Å². The molecule has 0 radical (unpaired) electrons. The van der Waals surface area contributed by atoms with Crippen molar-refractivity contribution in [2.24, 2.45) is 0 Å². The molecule has 0 saturated carbocycles. The topological polar surface area (TPSA) is 18.5 Å². The van der Waals surface area contributed by atoms with Crippen LogP contribution in [0.2, 0.25) is 0 Å². The quantitative estimate of drug-likeness (QED) is 0.104. The van der Waals surface area contributed by atoms with Gasteiger partial charge in [-0.2, -0.15) is 0 Å². The lowest BCUT2D eigenvalue weighted by molar-refractivity contribution is 0.362. The summed E-state index contributed by atoms with van der Waals surface area (Å²) in [5.74, 6) is 2.74. The molecule has 0 aliphatic rings. The molecule has 0 heterocycles. The normalized spacial score (nSPS) is 10.5. The van der Waals surface area contributed by atoms with Gasteiger partial charge in [0.05, 0.1) is 0 Å². The third-order valence-electron chi connectivity index (χ3n) is 7.02. The molecule has 4 aromatic carbocycles. The highest BCUT2D eigenvalue weighted by Gasteiger charge is 2.13.